The molecule has 0 bridgehead atoms. The van der Waals surface area contributed by atoms with E-state index in [1.807, 2.05) is 25.1 Å². The topological polar surface area (TPSA) is 49.9 Å². The van der Waals surface area contributed by atoms with E-state index in [1.54, 1.807) is 18.2 Å². The third kappa shape index (κ3) is 2.71. The minimum atomic E-state index is -0.226. The van der Waals surface area contributed by atoms with Gasteiger partial charge in [0.05, 0.1) is 0 Å². The Labute approximate surface area is 110 Å². The summed E-state index contributed by atoms with van der Waals surface area (Å²) in [6, 6.07) is 12.2. The van der Waals surface area contributed by atoms with Gasteiger partial charge in [0.15, 0.2) is 0 Å². The smallest absolute Gasteiger partial charge is 0.137 e. The third-order valence-corrected chi connectivity index (χ3v) is 3.59. The molecule has 2 nitrogen and oxygen atoms in total. The molecule has 0 fully saturated rings. The number of benzene rings is 2. The molecule has 3 N–H and O–H groups in total. The predicted octanol–water partition coefficient (Wildman–Crippen LogP) is 3.57. The predicted molar refractivity (Wildman–Crippen MR) is 72.7 cm³/mol. The van der Waals surface area contributed by atoms with E-state index in [-0.39, 0.29) is 11.7 Å². The van der Waals surface area contributed by atoms with Crippen molar-refractivity contribution < 1.29 is 4.39 Å². The van der Waals surface area contributed by atoms with Gasteiger partial charge in [0.2, 0.25) is 0 Å². The Bertz CT molecular complexity index is 596. The molecule has 2 rings (SSSR count). The summed E-state index contributed by atoms with van der Waals surface area (Å²) < 4.78 is 13.5. The number of aryl methyl sites for hydroxylation is 1. The molecule has 92 valence electrons. The van der Waals surface area contributed by atoms with Crippen molar-refractivity contribution in [2.75, 3.05) is 0 Å². The van der Waals surface area contributed by atoms with Gasteiger partial charge in [0.1, 0.15) is 11.7 Å². The second kappa shape index (κ2) is 5.23. The summed E-state index contributed by atoms with van der Waals surface area (Å²) in [4.78, 5) is 1.52. The van der Waals surface area contributed by atoms with Crippen molar-refractivity contribution in [3.63, 3.8) is 0 Å². The van der Waals surface area contributed by atoms with Gasteiger partial charge in [-0.2, -0.15) is 0 Å². The zero-order valence-corrected chi connectivity index (χ0v) is 10.7. The maximum absolute atomic E-state index is 13.5. The van der Waals surface area contributed by atoms with Crippen molar-refractivity contribution in [2.24, 2.45) is 5.73 Å². The molecule has 0 aromatic heterocycles. The number of hydrogen-bond donors (Lipinski definition) is 2. The van der Waals surface area contributed by atoms with E-state index in [0.717, 1.165) is 10.5 Å². The van der Waals surface area contributed by atoms with Crippen molar-refractivity contribution in [1.29, 1.82) is 5.41 Å². The van der Waals surface area contributed by atoms with Crippen LogP contribution in [0.5, 0.6) is 0 Å². The van der Waals surface area contributed by atoms with Gasteiger partial charge in [-0.1, -0.05) is 23.9 Å². The SMILES string of the molecule is Cc1cc(Sc2ccccc2F)ccc1C(=N)N. The van der Waals surface area contributed by atoms with E-state index in [0.29, 0.717) is 10.5 Å². The van der Waals surface area contributed by atoms with Gasteiger partial charge in [-0.3, -0.25) is 5.41 Å². The molecular formula is C14H13FN2S. The monoisotopic (exact) mass is 260 g/mol. The maximum atomic E-state index is 13.5. The summed E-state index contributed by atoms with van der Waals surface area (Å²) in [5, 5.41) is 7.41. The van der Waals surface area contributed by atoms with Crippen molar-refractivity contribution in [3.8, 4) is 0 Å². The van der Waals surface area contributed by atoms with E-state index >= 15 is 0 Å². The summed E-state index contributed by atoms with van der Waals surface area (Å²) in [5.41, 5.74) is 7.09. The number of rotatable bonds is 3. The molecule has 4 heteroatoms. The highest BCUT2D eigenvalue weighted by molar-refractivity contribution is 7.99. The van der Waals surface area contributed by atoms with Gasteiger partial charge >= 0.3 is 0 Å². The van der Waals surface area contributed by atoms with Crippen molar-refractivity contribution >= 4 is 17.6 Å². The van der Waals surface area contributed by atoms with E-state index in [2.05, 4.69) is 0 Å². The van der Waals surface area contributed by atoms with Crippen LogP contribution in [-0.4, -0.2) is 5.84 Å². The van der Waals surface area contributed by atoms with Gasteiger partial charge < -0.3 is 5.73 Å². The van der Waals surface area contributed by atoms with E-state index in [9.17, 15) is 4.39 Å². The first-order valence-corrected chi connectivity index (χ1v) is 6.27. The summed E-state index contributed by atoms with van der Waals surface area (Å²) in [5.74, 6) is -0.175. The molecule has 18 heavy (non-hydrogen) atoms. The lowest BCUT2D eigenvalue weighted by atomic mass is 10.1. The van der Waals surface area contributed by atoms with Gasteiger partial charge in [-0.25, -0.2) is 4.39 Å². The fraction of sp³-hybridized carbons (Fsp3) is 0.0714. The van der Waals surface area contributed by atoms with Crippen molar-refractivity contribution in [3.05, 3.63) is 59.4 Å². The molecular weight excluding hydrogens is 247 g/mol. The van der Waals surface area contributed by atoms with Gasteiger partial charge in [-0.15, -0.1) is 0 Å². The highest BCUT2D eigenvalue weighted by atomic mass is 32.2. The molecule has 0 aliphatic heterocycles. The second-order valence-electron chi connectivity index (χ2n) is 3.92. The van der Waals surface area contributed by atoms with E-state index in [1.165, 1.54) is 17.8 Å². The number of nitrogens with one attached hydrogen (secondary N) is 1. The molecule has 0 aliphatic carbocycles. The average molecular weight is 260 g/mol. The molecule has 0 atom stereocenters. The lowest BCUT2D eigenvalue weighted by Crippen LogP contribution is -2.12. The van der Waals surface area contributed by atoms with Crippen LogP contribution in [0.2, 0.25) is 0 Å². The lowest BCUT2D eigenvalue weighted by molar-refractivity contribution is 0.602. The van der Waals surface area contributed by atoms with Crippen LogP contribution in [0.15, 0.2) is 52.3 Å². The third-order valence-electron chi connectivity index (χ3n) is 2.55. The van der Waals surface area contributed by atoms with Crippen LogP contribution >= 0.6 is 11.8 Å². The first-order chi connectivity index (χ1) is 8.58. The van der Waals surface area contributed by atoms with Crippen LogP contribution in [-0.2, 0) is 0 Å². The van der Waals surface area contributed by atoms with Crippen LogP contribution < -0.4 is 5.73 Å². The first kappa shape index (κ1) is 12.6. The van der Waals surface area contributed by atoms with E-state index < -0.39 is 0 Å². The molecule has 0 saturated heterocycles. The number of nitrogens with two attached hydrogens (primary N) is 1. The Hall–Kier alpha value is -1.81. The Morgan fingerprint density at radius 3 is 2.56 bits per heavy atom. The van der Waals surface area contributed by atoms with Gasteiger partial charge in [-0.05, 0) is 42.8 Å². The molecule has 0 amide bonds. The molecule has 2 aromatic carbocycles. The zero-order chi connectivity index (χ0) is 13.1. The maximum Gasteiger partial charge on any atom is 0.137 e. The van der Waals surface area contributed by atoms with Crippen LogP contribution in [0, 0.1) is 18.2 Å². The highest BCUT2D eigenvalue weighted by Gasteiger charge is 2.06. The van der Waals surface area contributed by atoms with Crippen LogP contribution in [0.3, 0.4) is 0 Å². The normalized spacial score (nSPS) is 10.3. The molecule has 0 heterocycles. The number of nitrogen functional groups attached to an aromatic ring is 1. The fourth-order valence-corrected chi connectivity index (χ4v) is 2.59. The van der Waals surface area contributed by atoms with Crippen LogP contribution in [0.4, 0.5) is 4.39 Å². The average Bonchev–Trinajstić information content (AvgIpc) is 2.32. The Kier molecular flexibility index (Phi) is 3.67. The van der Waals surface area contributed by atoms with E-state index in [4.69, 9.17) is 11.1 Å². The summed E-state index contributed by atoms with van der Waals surface area (Å²) in [6.45, 7) is 1.89. The van der Waals surface area contributed by atoms with Gasteiger partial charge in [0.25, 0.3) is 0 Å². The number of amidine groups is 1. The molecule has 0 saturated carbocycles. The number of hydrogen-bond acceptors (Lipinski definition) is 2. The molecule has 0 aliphatic rings. The Morgan fingerprint density at radius 2 is 1.94 bits per heavy atom. The van der Waals surface area contributed by atoms with Crippen LogP contribution in [0.25, 0.3) is 0 Å². The Balaban J connectivity index is 2.29. The summed E-state index contributed by atoms with van der Waals surface area (Å²) in [7, 11) is 0. The van der Waals surface area contributed by atoms with Gasteiger partial charge in [0, 0.05) is 15.4 Å². The number of halogens is 1. The minimum Gasteiger partial charge on any atom is -0.384 e. The summed E-state index contributed by atoms with van der Waals surface area (Å²) >= 11 is 1.36. The largest absolute Gasteiger partial charge is 0.384 e. The lowest BCUT2D eigenvalue weighted by Gasteiger charge is -2.07. The molecule has 0 radical (unpaired) electrons. The quantitative estimate of drug-likeness (QED) is 0.654. The molecule has 0 unspecified atom stereocenters. The fourth-order valence-electron chi connectivity index (χ4n) is 1.66. The minimum absolute atomic E-state index is 0.0509. The molecule has 2 aromatic rings. The highest BCUT2D eigenvalue weighted by Crippen LogP contribution is 2.30. The summed E-state index contributed by atoms with van der Waals surface area (Å²) in [6.07, 6.45) is 0. The van der Waals surface area contributed by atoms with Crippen LogP contribution in [0.1, 0.15) is 11.1 Å². The zero-order valence-electron chi connectivity index (χ0n) is 9.91. The van der Waals surface area contributed by atoms with Crippen molar-refractivity contribution in [1.82, 2.24) is 0 Å². The Morgan fingerprint density at radius 1 is 1.22 bits per heavy atom. The van der Waals surface area contributed by atoms with Crippen molar-refractivity contribution in [2.45, 2.75) is 16.7 Å². The molecule has 0 spiro atoms. The standard InChI is InChI=1S/C14H13FN2S/c1-9-8-10(6-7-11(9)14(16)17)18-13-5-3-2-4-12(13)15/h2-8H,1H3,(H3,16,17). The first-order valence-electron chi connectivity index (χ1n) is 5.45. The second-order valence-corrected chi connectivity index (χ2v) is 5.04.